The second-order valence-corrected chi connectivity index (χ2v) is 8.80. The fraction of sp³-hybridized carbons (Fsp3) is 0.370. The zero-order valence-corrected chi connectivity index (χ0v) is 18.9. The second kappa shape index (κ2) is 9.91. The number of Topliss-reactive ketones (excluding diaryl/α,β-unsaturated/α-hetero) is 1. The Morgan fingerprint density at radius 1 is 1.12 bits per heavy atom. The molecule has 1 atom stereocenters. The smallest absolute Gasteiger partial charge is 0.260 e. The van der Waals surface area contributed by atoms with Crippen molar-refractivity contribution in [2.45, 2.75) is 44.1 Å². The lowest BCUT2D eigenvalue weighted by Gasteiger charge is -2.31. The van der Waals surface area contributed by atoms with E-state index in [1.54, 1.807) is 31.3 Å². The van der Waals surface area contributed by atoms with E-state index in [2.05, 4.69) is 16.8 Å². The molecular formula is C27H29N3O3. The summed E-state index contributed by atoms with van der Waals surface area (Å²) in [5.74, 6) is 6.09. The molecule has 1 amide bonds. The summed E-state index contributed by atoms with van der Waals surface area (Å²) in [6, 6.07) is 16.3. The molecule has 1 aliphatic heterocycles. The predicted molar refractivity (Wildman–Crippen MR) is 128 cm³/mol. The summed E-state index contributed by atoms with van der Waals surface area (Å²) in [6.07, 6.45) is 6.33. The number of carbonyl (C=O) groups is 2. The van der Waals surface area contributed by atoms with Crippen molar-refractivity contribution in [1.29, 1.82) is 0 Å². The zero-order valence-electron chi connectivity index (χ0n) is 18.9. The Labute approximate surface area is 194 Å². The van der Waals surface area contributed by atoms with Crippen LogP contribution in [-0.4, -0.2) is 41.7 Å². The summed E-state index contributed by atoms with van der Waals surface area (Å²) in [6.45, 7) is 0.0315. The van der Waals surface area contributed by atoms with Crippen molar-refractivity contribution in [1.82, 2.24) is 4.90 Å². The molecule has 6 nitrogen and oxygen atoms in total. The van der Waals surface area contributed by atoms with Crippen molar-refractivity contribution in [2.75, 3.05) is 13.7 Å². The lowest BCUT2D eigenvalue weighted by atomic mass is 9.79. The summed E-state index contributed by atoms with van der Waals surface area (Å²) in [4.78, 5) is 32.0. The number of hydrogen-bond acceptors (Lipinski definition) is 5. The summed E-state index contributed by atoms with van der Waals surface area (Å²) in [7, 11) is 1.64. The van der Waals surface area contributed by atoms with Crippen LogP contribution in [0.3, 0.4) is 0 Å². The lowest BCUT2D eigenvalue weighted by Crippen LogP contribution is -2.47. The van der Waals surface area contributed by atoms with Crippen molar-refractivity contribution in [3.8, 4) is 17.6 Å². The molecule has 33 heavy (non-hydrogen) atoms. The summed E-state index contributed by atoms with van der Waals surface area (Å²) < 4.78 is 6.11. The third kappa shape index (κ3) is 5.09. The van der Waals surface area contributed by atoms with Crippen LogP contribution in [0.5, 0.6) is 5.75 Å². The number of likely N-dealkylation sites (N-methyl/N-ethyl adjacent to an activating group) is 1. The number of ether oxygens (including phenoxy) is 1. The van der Waals surface area contributed by atoms with Crippen LogP contribution in [-0.2, 0) is 4.79 Å². The van der Waals surface area contributed by atoms with Gasteiger partial charge in [-0.1, -0.05) is 68.4 Å². The molecule has 0 bridgehead atoms. The van der Waals surface area contributed by atoms with Crippen LogP contribution in [0.2, 0.25) is 0 Å². The fourth-order valence-corrected chi connectivity index (χ4v) is 4.61. The molecule has 0 spiro atoms. The normalized spacial score (nSPS) is 20.7. The number of amides is 1. The van der Waals surface area contributed by atoms with E-state index < -0.39 is 5.54 Å². The first-order valence-corrected chi connectivity index (χ1v) is 11.5. The quantitative estimate of drug-likeness (QED) is 0.544. The number of nitrogens with zero attached hydrogens (tertiary/aromatic N) is 2. The molecular weight excluding hydrogens is 414 g/mol. The molecule has 0 radical (unpaired) electrons. The van der Waals surface area contributed by atoms with Crippen molar-refractivity contribution in [3.05, 3.63) is 65.7 Å². The Morgan fingerprint density at radius 2 is 1.82 bits per heavy atom. The first-order chi connectivity index (χ1) is 16.0. The Bertz CT molecular complexity index is 1110. The highest BCUT2D eigenvalue weighted by Gasteiger charge is 2.48. The van der Waals surface area contributed by atoms with Gasteiger partial charge in [0.05, 0.1) is 5.56 Å². The number of rotatable bonds is 6. The van der Waals surface area contributed by atoms with E-state index in [0.29, 0.717) is 23.7 Å². The van der Waals surface area contributed by atoms with Gasteiger partial charge >= 0.3 is 0 Å². The van der Waals surface area contributed by atoms with Crippen LogP contribution in [0, 0.1) is 17.8 Å². The number of aliphatic imine (C=N–C) groups is 1. The number of para-hydroxylation sites is 1. The van der Waals surface area contributed by atoms with E-state index in [1.807, 2.05) is 30.3 Å². The van der Waals surface area contributed by atoms with Gasteiger partial charge < -0.3 is 10.5 Å². The van der Waals surface area contributed by atoms with Crippen molar-refractivity contribution in [2.24, 2.45) is 16.6 Å². The van der Waals surface area contributed by atoms with Crippen LogP contribution in [0.15, 0.2) is 59.6 Å². The topological polar surface area (TPSA) is 85.0 Å². The molecule has 1 aliphatic carbocycles. The number of benzene rings is 2. The van der Waals surface area contributed by atoms with Gasteiger partial charge in [-0.2, -0.15) is 0 Å². The molecule has 1 fully saturated rings. The van der Waals surface area contributed by atoms with Gasteiger partial charge in [-0.15, -0.1) is 0 Å². The van der Waals surface area contributed by atoms with Gasteiger partial charge in [-0.05, 0) is 42.5 Å². The lowest BCUT2D eigenvalue weighted by molar-refractivity contribution is -0.132. The third-order valence-corrected chi connectivity index (χ3v) is 6.42. The standard InChI is InChI=1S/C27H29N3O3/c1-30-25(32)27(29-26(30)28,18-21-12-6-3-7-13-21)19-33-24-15-9-8-14-22(24)23(31)17-16-20-10-4-2-5-11-20/h2,4-5,8-11,14-15,21H,3,6-7,12-13,18-19H2,1H3,(H2,28,29). The molecule has 2 aliphatic rings. The van der Waals surface area contributed by atoms with Gasteiger partial charge in [0.15, 0.2) is 11.5 Å². The van der Waals surface area contributed by atoms with E-state index in [-0.39, 0.29) is 24.3 Å². The Morgan fingerprint density at radius 3 is 2.52 bits per heavy atom. The minimum absolute atomic E-state index is 0.0315. The van der Waals surface area contributed by atoms with Gasteiger partial charge in [0, 0.05) is 12.6 Å². The number of carbonyl (C=O) groups excluding carboxylic acids is 2. The molecule has 170 valence electrons. The number of ketones is 1. The van der Waals surface area contributed by atoms with E-state index in [9.17, 15) is 9.59 Å². The second-order valence-electron chi connectivity index (χ2n) is 8.80. The van der Waals surface area contributed by atoms with Crippen molar-refractivity contribution < 1.29 is 14.3 Å². The highest BCUT2D eigenvalue weighted by atomic mass is 16.5. The van der Waals surface area contributed by atoms with E-state index in [4.69, 9.17) is 10.5 Å². The predicted octanol–water partition coefficient (Wildman–Crippen LogP) is 3.80. The van der Waals surface area contributed by atoms with Crippen molar-refractivity contribution >= 4 is 17.6 Å². The SMILES string of the molecule is CN1C(=O)C(COc2ccccc2C(=O)C#Cc2ccccc2)(CC2CCCCC2)N=C1N. The van der Waals surface area contributed by atoms with Crippen LogP contribution >= 0.6 is 0 Å². The Hall–Kier alpha value is -3.59. The molecule has 2 aromatic rings. The average Bonchev–Trinajstić information content (AvgIpc) is 3.06. The van der Waals surface area contributed by atoms with E-state index in [1.165, 1.54) is 24.2 Å². The molecule has 6 heteroatoms. The van der Waals surface area contributed by atoms with Gasteiger partial charge in [0.25, 0.3) is 5.91 Å². The first-order valence-electron chi connectivity index (χ1n) is 11.5. The van der Waals surface area contributed by atoms with Crippen LogP contribution < -0.4 is 10.5 Å². The van der Waals surface area contributed by atoms with Gasteiger partial charge in [0.2, 0.25) is 5.78 Å². The zero-order chi connectivity index (χ0) is 23.3. The maximum Gasteiger partial charge on any atom is 0.260 e. The molecule has 1 saturated carbocycles. The Kier molecular flexibility index (Phi) is 6.79. The average molecular weight is 444 g/mol. The van der Waals surface area contributed by atoms with Gasteiger partial charge in [-0.3, -0.25) is 14.5 Å². The largest absolute Gasteiger partial charge is 0.490 e. The molecule has 2 aromatic carbocycles. The van der Waals surface area contributed by atoms with Gasteiger partial charge in [0.1, 0.15) is 12.4 Å². The van der Waals surface area contributed by atoms with E-state index >= 15 is 0 Å². The highest BCUT2D eigenvalue weighted by molar-refractivity contribution is 6.11. The third-order valence-electron chi connectivity index (χ3n) is 6.42. The molecule has 0 aromatic heterocycles. The molecule has 1 unspecified atom stereocenters. The fourth-order valence-electron chi connectivity index (χ4n) is 4.61. The van der Waals surface area contributed by atoms with Crippen LogP contribution in [0.1, 0.15) is 54.4 Å². The molecule has 1 heterocycles. The highest BCUT2D eigenvalue weighted by Crippen LogP contribution is 2.36. The number of guanidine groups is 1. The molecule has 0 saturated heterocycles. The first kappa shape index (κ1) is 22.6. The van der Waals surface area contributed by atoms with E-state index in [0.717, 1.165) is 18.4 Å². The maximum absolute atomic E-state index is 13.2. The number of hydrogen-bond donors (Lipinski definition) is 1. The summed E-state index contributed by atoms with van der Waals surface area (Å²) >= 11 is 0. The van der Waals surface area contributed by atoms with Crippen molar-refractivity contribution in [3.63, 3.8) is 0 Å². The molecule has 2 N–H and O–H groups in total. The minimum atomic E-state index is -1.06. The van der Waals surface area contributed by atoms with Crippen LogP contribution in [0.4, 0.5) is 0 Å². The number of nitrogens with two attached hydrogens (primary N) is 1. The Balaban J connectivity index is 1.55. The van der Waals surface area contributed by atoms with Crippen LogP contribution in [0.25, 0.3) is 0 Å². The summed E-state index contributed by atoms with van der Waals surface area (Å²) in [5, 5.41) is 0. The molecule has 4 rings (SSSR count). The minimum Gasteiger partial charge on any atom is -0.490 e. The maximum atomic E-state index is 13.2. The monoisotopic (exact) mass is 443 g/mol. The van der Waals surface area contributed by atoms with Gasteiger partial charge in [-0.25, -0.2) is 4.99 Å². The summed E-state index contributed by atoms with van der Waals surface area (Å²) in [5.41, 5.74) is 6.08.